The van der Waals surface area contributed by atoms with Gasteiger partial charge in [-0.3, -0.25) is 0 Å². The van der Waals surface area contributed by atoms with E-state index < -0.39 is 0 Å². The van der Waals surface area contributed by atoms with Gasteiger partial charge in [-0.15, -0.1) is 0 Å². The molecule has 0 saturated carbocycles. The Balaban J connectivity index is 0.918. The smallest absolute Gasteiger partial charge is 0.145 e. The van der Waals surface area contributed by atoms with Crippen molar-refractivity contribution in [1.29, 1.82) is 0 Å². The van der Waals surface area contributed by atoms with Gasteiger partial charge >= 0.3 is 0 Å². The minimum Gasteiger partial charge on any atom is -0.455 e. The van der Waals surface area contributed by atoms with Gasteiger partial charge in [-0.25, -0.2) is 0 Å². The third-order valence-corrected chi connectivity index (χ3v) is 14.5. The van der Waals surface area contributed by atoms with Gasteiger partial charge in [0.05, 0.1) is 11.1 Å². The van der Waals surface area contributed by atoms with E-state index in [0.29, 0.717) is 0 Å². The normalized spacial score (nSPS) is 13.1. The lowest BCUT2D eigenvalue weighted by molar-refractivity contribution is 0.672. The number of para-hydroxylation sites is 1. The molecular weight excluding hydrogens is 835 g/mol. The van der Waals surface area contributed by atoms with Gasteiger partial charge in [0.25, 0.3) is 0 Å². The van der Waals surface area contributed by atoms with Crippen molar-refractivity contribution < 1.29 is 4.42 Å². The first-order chi connectivity index (χ1) is 34.2. The number of nitrogens with zero attached hydrogens (tertiary/aromatic N) is 1. The van der Waals surface area contributed by atoms with Crippen LogP contribution in [0.1, 0.15) is 22.6 Å². The van der Waals surface area contributed by atoms with Crippen molar-refractivity contribution in [3.05, 3.63) is 271 Å². The van der Waals surface area contributed by atoms with Crippen LogP contribution in [-0.4, -0.2) is 0 Å². The van der Waals surface area contributed by atoms with Crippen LogP contribution < -0.4 is 4.90 Å². The lowest BCUT2D eigenvalue weighted by Gasteiger charge is -2.27. The summed E-state index contributed by atoms with van der Waals surface area (Å²) >= 11 is 0. The minimum atomic E-state index is 0.117. The topological polar surface area (TPSA) is 16.4 Å². The molecule has 1 aliphatic rings. The van der Waals surface area contributed by atoms with E-state index in [-0.39, 0.29) is 5.92 Å². The van der Waals surface area contributed by atoms with Gasteiger partial charge in [0, 0.05) is 28.1 Å². The fourth-order valence-corrected chi connectivity index (χ4v) is 11.3. The molecule has 0 fully saturated rings. The molecule has 1 atom stereocenters. The SMILES string of the molecule is c1ccc(-c2ccc(-c3ccc(N(c4cccc(-c5ccc6c(c5)-c5ccccc5C6c5cc6ccccc6c6ccccc56)c4)c4cc5ccccc5c5oc6ccccc6c45)cc3)cc2)cc1. The van der Waals surface area contributed by atoms with Crippen LogP contribution in [0, 0.1) is 0 Å². The number of benzene rings is 12. The molecular formula is C67H43NO. The van der Waals surface area contributed by atoms with E-state index in [1.165, 1.54) is 71.6 Å². The van der Waals surface area contributed by atoms with E-state index in [9.17, 15) is 0 Å². The van der Waals surface area contributed by atoms with Crippen LogP contribution >= 0.6 is 0 Å². The first kappa shape index (κ1) is 39.2. The van der Waals surface area contributed by atoms with Crippen molar-refractivity contribution in [3.63, 3.8) is 0 Å². The summed E-state index contributed by atoms with van der Waals surface area (Å²) < 4.78 is 6.77. The average molecular weight is 878 g/mol. The molecule has 1 aliphatic carbocycles. The highest BCUT2D eigenvalue weighted by molar-refractivity contribution is 6.22. The Kier molecular flexibility index (Phi) is 9.00. The molecule has 12 aromatic carbocycles. The summed E-state index contributed by atoms with van der Waals surface area (Å²) in [5.41, 5.74) is 18.7. The van der Waals surface area contributed by atoms with E-state index in [1.54, 1.807) is 0 Å². The highest BCUT2D eigenvalue weighted by Gasteiger charge is 2.32. The number of anilines is 3. The van der Waals surface area contributed by atoms with Gasteiger partial charge in [-0.05, 0) is 137 Å². The molecule has 0 amide bonds. The van der Waals surface area contributed by atoms with Crippen LogP contribution in [0.3, 0.4) is 0 Å². The molecule has 1 aromatic heterocycles. The van der Waals surface area contributed by atoms with Gasteiger partial charge in [0.15, 0.2) is 0 Å². The standard InChI is InChI=1S/C67H43NO/c1-2-15-43(16-3-1)44-29-31-45(32-30-44)46-33-36-51(37-34-46)68(63-42-50-18-5-7-22-54(50)67-66(63)60-27-12-13-28-64(60)69-67)52-20-14-19-47(39-52)48-35-38-59-61(40-48)57-25-10-11-26-58(57)65(59)62-41-49-17-4-6-21-53(49)55-23-8-9-24-56(55)62/h1-42,65H. The second kappa shape index (κ2) is 15.8. The molecule has 0 spiro atoms. The van der Waals surface area contributed by atoms with E-state index in [0.717, 1.165) is 60.9 Å². The molecule has 0 N–H and O–H groups in total. The second-order valence-corrected chi connectivity index (χ2v) is 18.3. The van der Waals surface area contributed by atoms with Gasteiger partial charge in [-0.1, -0.05) is 206 Å². The Morgan fingerprint density at radius 2 is 0.855 bits per heavy atom. The van der Waals surface area contributed by atoms with Gasteiger partial charge in [-0.2, -0.15) is 0 Å². The highest BCUT2D eigenvalue weighted by atomic mass is 16.3. The first-order valence-electron chi connectivity index (χ1n) is 23.8. The molecule has 0 saturated heterocycles. The summed E-state index contributed by atoms with van der Waals surface area (Å²) in [6.45, 7) is 0. The molecule has 14 rings (SSSR count). The summed E-state index contributed by atoms with van der Waals surface area (Å²) in [6, 6.07) is 93.2. The van der Waals surface area contributed by atoms with Crippen molar-refractivity contribution in [2.75, 3.05) is 4.90 Å². The maximum atomic E-state index is 6.77. The largest absolute Gasteiger partial charge is 0.455 e. The summed E-state index contributed by atoms with van der Waals surface area (Å²) in [6.07, 6.45) is 0. The van der Waals surface area contributed by atoms with Crippen LogP contribution in [0.15, 0.2) is 259 Å². The summed E-state index contributed by atoms with van der Waals surface area (Å²) in [4.78, 5) is 2.42. The number of furan rings is 1. The van der Waals surface area contributed by atoms with Gasteiger partial charge < -0.3 is 9.32 Å². The molecule has 0 aliphatic heterocycles. The molecule has 1 unspecified atom stereocenters. The number of hydrogen-bond acceptors (Lipinski definition) is 2. The van der Waals surface area contributed by atoms with Crippen LogP contribution in [0.2, 0.25) is 0 Å². The van der Waals surface area contributed by atoms with Crippen LogP contribution in [0.4, 0.5) is 17.1 Å². The second-order valence-electron chi connectivity index (χ2n) is 18.3. The van der Waals surface area contributed by atoms with Gasteiger partial charge in [0.2, 0.25) is 0 Å². The molecule has 69 heavy (non-hydrogen) atoms. The van der Waals surface area contributed by atoms with Gasteiger partial charge in [0.1, 0.15) is 11.2 Å². The van der Waals surface area contributed by atoms with Crippen LogP contribution in [0.25, 0.3) is 98.8 Å². The highest BCUT2D eigenvalue weighted by Crippen LogP contribution is 2.52. The third kappa shape index (κ3) is 6.41. The zero-order valence-corrected chi connectivity index (χ0v) is 37.7. The minimum absolute atomic E-state index is 0.117. The van der Waals surface area contributed by atoms with Crippen LogP contribution in [0.5, 0.6) is 0 Å². The summed E-state index contributed by atoms with van der Waals surface area (Å²) in [5.74, 6) is 0.117. The zero-order chi connectivity index (χ0) is 45.4. The van der Waals surface area contributed by atoms with Crippen molar-refractivity contribution in [1.82, 2.24) is 0 Å². The van der Waals surface area contributed by atoms with E-state index >= 15 is 0 Å². The van der Waals surface area contributed by atoms with E-state index in [4.69, 9.17) is 4.42 Å². The number of hydrogen-bond donors (Lipinski definition) is 0. The molecule has 1 heterocycles. The Hall–Kier alpha value is -8.98. The molecule has 0 radical (unpaired) electrons. The van der Waals surface area contributed by atoms with Crippen LogP contribution in [-0.2, 0) is 0 Å². The predicted octanol–water partition coefficient (Wildman–Crippen LogP) is 18.7. The zero-order valence-electron chi connectivity index (χ0n) is 37.7. The third-order valence-electron chi connectivity index (χ3n) is 14.5. The summed E-state index contributed by atoms with van der Waals surface area (Å²) in [5, 5.41) is 9.59. The molecule has 322 valence electrons. The lowest BCUT2D eigenvalue weighted by atomic mass is 9.84. The fraction of sp³-hybridized carbons (Fsp3) is 0.0149. The number of fused-ring (bicyclic) bond motifs is 11. The fourth-order valence-electron chi connectivity index (χ4n) is 11.3. The Labute approximate surface area is 400 Å². The van der Waals surface area contributed by atoms with E-state index in [1.807, 2.05) is 0 Å². The van der Waals surface area contributed by atoms with Crippen molar-refractivity contribution in [2.45, 2.75) is 5.92 Å². The Morgan fingerprint density at radius 1 is 0.304 bits per heavy atom. The molecule has 0 bridgehead atoms. The maximum Gasteiger partial charge on any atom is 0.145 e. The average Bonchev–Trinajstić information content (AvgIpc) is 3.98. The number of rotatable bonds is 7. The Bertz CT molecular complexity index is 4130. The predicted molar refractivity (Wildman–Crippen MR) is 290 cm³/mol. The van der Waals surface area contributed by atoms with Crippen molar-refractivity contribution in [2.24, 2.45) is 0 Å². The Morgan fingerprint density at radius 3 is 1.64 bits per heavy atom. The first-order valence-corrected chi connectivity index (χ1v) is 23.8. The summed E-state index contributed by atoms with van der Waals surface area (Å²) in [7, 11) is 0. The monoisotopic (exact) mass is 877 g/mol. The lowest BCUT2D eigenvalue weighted by Crippen LogP contribution is -2.10. The molecule has 13 aromatic rings. The molecule has 2 heteroatoms. The maximum absolute atomic E-state index is 6.77. The molecule has 2 nitrogen and oxygen atoms in total. The van der Waals surface area contributed by atoms with E-state index in [2.05, 4.69) is 260 Å². The quantitative estimate of drug-likeness (QED) is 0.148. The van der Waals surface area contributed by atoms with Crippen molar-refractivity contribution in [3.8, 4) is 44.5 Å². The van der Waals surface area contributed by atoms with Crippen molar-refractivity contribution >= 4 is 71.3 Å².